The van der Waals surface area contributed by atoms with E-state index in [9.17, 15) is 4.79 Å². The highest BCUT2D eigenvalue weighted by molar-refractivity contribution is 5.84. The third-order valence-corrected chi connectivity index (χ3v) is 4.29. The van der Waals surface area contributed by atoms with Crippen molar-refractivity contribution in [2.24, 2.45) is 5.92 Å². The third-order valence-electron chi connectivity index (χ3n) is 4.29. The first-order valence-electron chi connectivity index (χ1n) is 7.19. The Balaban J connectivity index is 1.90. The zero-order valence-electron chi connectivity index (χ0n) is 12.5. The summed E-state index contributed by atoms with van der Waals surface area (Å²) in [5, 5.41) is 8.89. The Hall–Kier alpha value is -1.33. The van der Waals surface area contributed by atoms with Gasteiger partial charge in [0.05, 0.1) is 6.04 Å². The maximum Gasteiger partial charge on any atom is 0.371 e. The van der Waals surface area contributed by atoms with Crippen LogP contribution in [0.3, 0.4) is 0 Å². The summed E-state index contributed by atoms with van der Waals surface area (Å²) in [4.78, 5) is 15.5. The van der Waals surface area contributed by atoms with Gasteiger partial charge in [-0.2, -0.15) is 0 Å². The second-order valence-corrected chi connectivity index (χ2v) is 5.87. The van der Waals surface area contributed by atoms with Crippen LogP contribution in [0.2, 0.25) is 0 Å². The summed E-state index contributed by atoms with van der Waals surface area (Å²) in [6.45, 7) is 5.41. The van der Waals surface area contributed by atoms with E-state index in [1.54, 1.807) is 6.07 Å². The van der Waals surface area contributed by atoms with Gasteiger partial charge in [-0.25, -0.2) is 4.79 Å². The Morgan fingerprint density at radius 1 is 1.50 bits per heavy atom. The van der Waals surface area contributed by atoms with Crippen LogP contribution in [0.4, 0.5) is 0 Å². The van der Waals surface area contributed by atoms with E-state index in [1.807, 2.05) is 0 Å². The van der Waals surface area contributed by atoms with Crippen LogP contribution in [0, 0.1) is 5.92 Å². The van der Waals surface area contributed by atoms with Gasteiger partial charge in [0.15, 0.2) is 0 Å². The van der Waals surface area contributed by atoms with Crippen LogP contribution in [0.1, 0.15) is 42.1 Å². The molecule has 1 aliphatic heterocycles. The predicted molar refractivity (Wildman–Crippen MR) is 76.9 cm³/mol. The van der Waals surface area contributed by atoms with Crippen LogP contribution in [0.15, 0.2) is 16.5 Å². The molecule has 1 unspecified atom stereocenters. The molecule has 112 valence electrons. The van der Waals surface area contributed by atoms with E-state index in [2.05, 4.69) is 30.8 Å². The molecule has 0 aromatic carbocycles. The van der Waals surface area contributed by atoms with Crippen molar-refractivity contribution in [3.05, 3.63) is 23.7 Å². The van der Waals surface area contributed by atoms with Crippen molar-refractivity contribution < 1.29 is 14.3 Å². The lowest BCUT2D eigenvalue weighted by Crippen LogP contribution is -2.36. The summed E-state index contributed by atoms with van der Waals surface area (Å²) in [6, 6.07) is 3.39. The summed E-state index contributed by atoms with van der Waals surface area (Å²) in [5.74, 6) is 0.436. The molecule has 0 amide bonds. The average molecular weight is 280 g/mol. The lowest BCUT2D eigenvalue weighted by Gasteiger charge is -2.33. The Morgan fingerprint density at radius 3 is 2.70 bits per heavy atom. The number of nitrogens with zero attached hydrogens (tertiary/aromatic N) is 2. The zero-order chi connectivity index (χ0) is 14.7. The monoisotopic (exact) mass is 280 g/mol. The Kier molecular flexibility index (Phi) is 4.83. The van der Waals surface area contributed by atoms with Crippen molar-refractivity contribution in [3.8, 4) is 0 Å². The lowest BCUT2D eigenvalue weighted by atomic mass is 9.96. The zero-order valence-corrected chi connectivity index (χ0v) is 12.5. The summed E-state index contributed by atoms with van der Waals surface area (Å²) in [6.07, 6.45) is 2.46. The number of hydrogen-bond donors (Lipinski definition) is 1. The SMILES string of the molecule is CC(c1ccc(C(=O)O)o1)N(C)CC1CCN(C)CC1. The van der Waals surface area contributed by atoms with E-state index in [-0.39, 0.29) is 11.8 Å². The molecule has 0 radical (unpaired) electrons. The fourth-order valence-electron chi connectivity index (χ4n) is 2.72. The molecular weight excluding hydrogens is 256 g/mol. The predicted octanol–water partition coefficient (Wildman–Crippen LogP) is 2.31. The average Bonchev–Trinajstić information content (AvgIpc) is 2.90. The lowest BCUT2D eigenvalue weighted by molar-refractivity contribution is 0.0655. The van der Waals surface area contributed by atoms with E-state index in [4.69, 9.17) is 9.52 Å². The number of rotatable bonds is 5. The number of carboxylic acids is 1. The maximum atomic E-state index is 10.8. The standard InChI is InChI=1S/C15H24N2O3/c1-11(13-4-5-14(20-13)15(18)19)17(3)10-12-6-8-16(2)9-7-12/h4-5,11-12H,6-10H2,1-3H3,(H,18,19). The number of piperidine rings is 1. The van der Waals surface area contributed by atoms with E-state index in [1.165, 1.54) is 18.9 Å². The normalized spacial score (nSPS) is 19.4. The Bertz CT molecular complexity index is 450. The number of furan rings is 1. The summed E-state index contributed by atoms with van der Waals surface area (Å²) in [7, 11) is 4.24. The van der Waals surface area contributed by atoms with Gasteiger partial charge in [0.2, 0.25) is 5.76 Å². The van der Waals surface area contributed by atoms with Gasteiger partial charge in [-0.15, -0.1) is 0 Å². The fraction of sp³-hybridized carbons (Fsp3) is 0.667. The first-order chi connectivity index (χ1) is 9.47. The van der Waals surface area contributed by atoms with Crippen molar-refractivity contribution in [1.82, 2.24) is 9.80 Å². The molecule has 0 saturated carbocycles. The van der Waals surface area contributed by atoms with Gasteiger partial charge in [-0.05, 0) is 65.0 Å². The van der Waals surface area contributed by atoms with Crippen LogP contribution >= 0.6 is 0 Å². The molecular formula is C15H24N2O3. The van der Waals surface area contributed by atoms with Gasteiger partial charge in [-0.3, -0.25) is 4.90 Å². The minimum atomic E-state index is -1.01. The molecule has 1 saturated heterocycles. The molecule has 5 heteroatoms. The van der Waals surface area contributed by atoms with Crippen molar-refractivity contribution in [1.29, 1.82) is 0 Å². The van der Waals surface area contributed by atoms with E-state index >= 15 is 0 Å². The number of carbonyl (C=O) groups is 1. The van der Waals surface area contributed by atoms with E-state index < -0.39 is 5.97 Å². The van der Waals surface area contributed by atoms with Gasteiger partial charge in [0, 0.05) is 6.54 Å². The van der Waals surface area contributed by atoms with Gasteiger partial charge < -0.3 is 14.4 Å². The molecule has 5 nitrogen and oxygen atoms in total. The molecule has 1 fully saturated rings. The number of likely N-dealkylation sites (tertiary alicyclic amines) is 1. The third kappa shape index (κ3) is 3.61. The van der Waals surface area contributed by atoms with Crippen molar-refractivity contribution in [2.75, 3.05) is 33.7 Å². The van der Waals surface area contributed by atoms with Crippen LogP contribution < -0.4 is 0 Å². The highest BCUT2D eigenvalue weighted by Crippen LogP contribution is 2.24. The minimum absolute atomic E-state index is 0.0135. The molecule has 2 rings (SSSR count). The first kappa shape index (κ1) is 15.1. The van der Waals surface area contributed by atoms with Crippen LogP contribution in [-0.4, -0.2) is 54.6 Å². The summed E-state index contributed by atoms with van der Waals surface area (Å²) < 4.78 is 5.38. The number of carboxylic acid groups (broad SMARTS) is 1. The first-order valence-corrected chi connectivity index (χ1v) is 7.19. The van der Waals surface area contributed by atoms with Gasteiger partial charge in [-0.1, -0.05) is 0 Å². The van der Waals surface area contributed by atoms with E-state index in [0.717, 1.165) is 25.4 Å². The second-order valence-electron chi connectivity index (χ2n) is 5.87. The van der Waals surface area contributed by atoms with Crippen LogP contribution in [0.25, 0.3) is 0 Å². The van der Waals surface area contributed by atoms with Gasteiger partial charge in [0.1, 0.15) is 5.76 Å². The summed E-state index contributed by atoms with van der Waals surface area (Å²) >= 11 is 0. The molecule has 0 aliphatic carbocycles. The van der Waals surface area contributed by atoms with Crippen molar-refractivity contribution >= 4 is 5.97 Å². The fourth-order valence-corrected chi connectivity index (χ4v) is 2.72. The highest BCUT2D eigenvalue weighted by Gasteiger charge is 2.22. The Morgan fingerprint density at radius 2 is 2.15 bits per heavy atom. The largest absolute Gasteiger partial charge is 0.475 e. The minimum Gasteiger partial charge on any atom is -0.475 e. The van der Waals surface area contributed by atoms with Crippen molar-refractivity contribution in [3.63, 3.8) is 0 Å². The highest BCUT2D eigenvalue weighted by atomic mass is 16.4. The quantitative estimate of drug-likeness (QED) is 0.897. The smallest absolute Gasteiger partial charge is 0.371 e. The molecule has 2 heterocycles. The van der Waals surface area contributed by atoms with Crippen LogP contribution in [-0.2, 0) is 0 Å². The van der Waals surface area contributed by atoms with Gasteiger partial charge in [0.25, 0.3) is 0 Å². The molecule has 1 aromatic heterocycles. The molecule has 1 atom stereocenters. The molecule has 0 spiro atoms. The van der Waals surface area contributed by atoms with Gasteiger partial charge >= 0.3 is 5.97 Å². The molecule has 1 aromatic rings. The topological polar surface area (TPSA) is 56.9 Å². The summed E-state index contributed by atoms with van der Waals surface area (Å²) in [5.41, 5.74) is 0. The molecule has 0 bridgehead atoms. The Labute approximate surface area is 120 Å². The van der Waals surface area contributed by atoms with Crippen molar-refractivity contribution in [2.45, 2.75) is 25.8 Å². The molecule has 1 aliphatic rings. The maximum absolute atomic E-state index is 10.8. The second kappa shape index (κ2) is 6.41. The molecule has 20 heavy (non-hydrogen) atoms. The number of aromatic carboxylic acids is 1. The van der Waals surface area contributed by atoms with Crippen LogP contribution in [0.5, 0.6) is 0 Å². The number of hydrogen-bond acceptors (Lipinski definition) is 4. The van der Waals surface area contributed by atoms with E-state index in [0.29, 0.717) is 5.92 Å². The molecule has 1 N–H and O–H groups in total.